The molecule has 0 aliphatic carbocycles. The molecule has 2 aromatic rings. The summed E-state index contributed by atoms with van der Waals surface area (Å²) in [5.41, 5.74) is -3.59. The Morgan fingerprint density at radius 1 is 0.528 bits per heavy atom. The van der Waals surface area contributed by atoms with Crippen molar-refractivity contribution < 1.29 is 74.6 Å². The number of hydrogen-bond donors (Lipinski definition) is 0. The van der Waals surface area contributed by atoms with Crippen LogP contribution in [0.2, 0.25) is 0 Å². The number of aromatic nitrogens is 1. The molecule has 18 heteroatoms. The van der Waals surface area contributed by atoms with Gasteiger partial charge in [-0.2, -0.15) is 74.6 Å². The molecular formula is C18H10F17N. The minimum absolute atomic E-state index is 0.405. The fourth-order valence-electron chi connectivity index (χ4n) is 3.24. The van der Waals surface area contributed by atoms with Crippen molar-refractivity contribution in [3.05, 3.63) is 35.5 Å². The fourth-order valence-corrected chi connectivity index (χ4v) is 3.24. The summed E-state index contributed by atoms with van der Waals surface area (Å²) < 4.78 is 231. The van der Waals surface area contributed by atoms with Gasteiger partial charge in [0, 0.05) is 23.6 Å². The number of aryl methyl sites for hydroxylation is 1. The minimum atomic E-state index is -8.64. The van der Waals surface area contributed by atoms with Gasteiger partial charge in [0.2, 0.25) is 0 Å². The molecule has 0 saturated carbocycles. The summed E-state index contributed by atoms with van der Waals surface area (Å²) in [7, 11) is 0.899. The Hall–Kier alpha value is -2.43. The SMILES string of the molecule is Cc1c(C(F)(F)C(F)(F)C(F)(F)C(F)(F)C(F)(F)C(F)(F)C(F)(F)C(F)(F)F)c2ccccc2n1C. The van der Waals surface area contributed by atoms with Crippen LogP contribution in [0.1, 0.15) is 11.3 Å². The van der Waals surface area contributed by atoms with Gasteiger partial charge in [0.05, 0.1) is 5.56 Å². The molecular weight excluding hydrogens is 553 g/mol. The Morgan fingerprint density at radius 3 is 1.31 bits per heavy atom. The number of benzene rings is 1. The van der Waals surface area contributed by atoms with Crippen LogP contribution in [0.5, 0.6) is 0 Å². The van der Waals surface area contributed by atoms with Gasteiger partial charge in [-0.25, -0.2) is 0 Å². The third-order valence-electron chi connectivity index (χ3n) is 5.44. The van der Waals surface area contributed by atoms with Crippen LogP contribution < -0.4 is 0 Å². The molecule has 0 bridgehead atoms. The summed E-state index contributed by atoms with van der Waals surface area (Å²) in [4.78, 5) is 0. The lowest BCUT2D eigenvalue weighted by molar-refractivity contribution is -0.462. The Morgan fingerprint density at radius 2 is 0.889 bits per heavy atom. The van der Waals surface area contributed by atoms with Crippen molar-refractivity contribution in [3.8, 4) is 0 Å². The zero-order valence-electron chi connectivity index (χ0n) is 17.2. The predicted octanol–water partition coefficient (Wildman–Crippen LogP) is 7.95. The van der Waals surface area contributed by atoms with E-state index in [4.69, 9.17) is 0 Å². The van der Waals surface area contributed by atoms with Crippen molar-refractivity contribution in [2.45, 2.75) is 54.6 Å². The fraction of sp³-hybridized carbons (Fsp3) is 0.556. The van der Waals surface area contributed by atoms with E-state index in [9.17, 15) is 74.6 Å². The van der Waals surface area contributed by atoms with Crippen LogP contribution in [-0.4, -0.2) is 46.3 Å². The van der Waals surface area contributed by atoms with Crippen LogP contribution in [0.4, 0.5) is 74.6 Å². The average molecular weight is 563 g/mol. The lowest BCUT2D eigenvalue weighted by Crippen LogP contribution is -2.74. The highest BCUT2D eigenvalue weighted by molar-refractivity contribution is 5.86. The zero-order valence-corrected chi connectivity index (χ0v) is 17.2. The monoisotopic (exact) mass is 563 g/mol. The van der Waals surface area contributed by atoms with Crippen molar-refractivity contribution in [2.24, 2.45) is 7.05 Å². The molecule has 0 fully saturated rings. The maximum absolute atomic E-state index is 14.7. The maximum Gasteiger partial charge on any atom is 0.460 e. The van der Waals surface area contributed by atoms with Crippen LogP contribution >= 0.6 is 0 Å². The summed E-state index contributed by atoms with van der Waals surface area (Å²) in [5.74, 6) is -56.6. The van der Waals surface area contributed by atoms with E-state index >= 15 is 0 Å². The van der Waals surface area contributed by atoms with Crippen molar-refractivity contribution in [1.82, 2.24) is 4.57 Å². The number of halogens is 17. The minimum Gasteiger partial charge on any atom is -0.347 e. The summed E-state index contributed by atoms with van der Waals surface area (Å²) in [5, 5.41) is -1.01. The first-order chi connectivity index (χ1) is 15.7. The zero-order chi connectivity index (χ0) is 28.7. The molecule has 0 atom stereocenters. The van der Waals surface area contributed by atoms with Crippen LogP contribution in [0.15, 0.2) is 24.3 Å². The highest BCUT2D eigenvalue weighted by atomic mass is 19.4. The standard InChI is InChI=1S/C18H10F17N/c1-7-10(8-5-3-4-6-9(8)36(7)2)11(19,20)12(21,22)13(23,24)14(25,26)15(27,28)16(29,30)17(31,32)18(33,34)35/h3-6H,1-2H3. The summed E-state index contributed by atoms with van der Waals surface area (Å²) in [6, 6.07) is 3.53. The number of fused-ring (bicyclic) bond motifs is 1. The predicted molar refractivity (Wildman–Crippen MR) is 87.3 cm³/mol. The average Bonchev–Trinajstić information content (AvgIpc) is 2.97. The van der Waals surface area contributed by atoms with Gasteiger partial charge in [0.15, 0.2) is 0 Å². The van der Waals surface area contributed by atoms with Gasteiger partial charge in [-0.1, -0.05) is 18.2 Å². The number of para-hydroxylation sites is 1. The van der Waals surface area contributed by atoms with Crippen molar-refractivity contribution >= 4 is 10.9 Å². The molecule has 2 rings (SSSR count). The molecule has 206 valence electrons. The lowest BCUT2D eigenvalue weighted by atomic mass is 9.86. The van der Waals surface area contributed by atoms with Crippen LogP contribution in [-0.2, 0) is 13.0 Å². The molecule has 0 saturated heterocycles. The van der Waals surface area contributed by atoms with Gasteiger partial charge in [-0.3, -0.25) is 0 Å². The van der Waals surface area contributed by atoms with Gasteiger partial charge >= 0.3 is 47.6 Å². The molecule has 1 aromatic heterocycles. The van der Waals surface area contributed by atoms with Crippen LogP contribution in [0, 0.1) is 6.92 Å². The van der Waals surface area contributed by atoms with Crippen molar-refractivity contribution in [3.63, 3.8) is 0 Å². The van der Waals surface area contributed by atoms with Gasteiger partial charge < -0.3 is 4.57 Å². The number of hydrogen-bond acceptors (Lipinski definition) is 0. The second kappa shape index (κ2) is 7.79. The van der Waals surface area contributed by atoms with Gasteiger partial charge in [0.25, 0.3) is 0 Å². The van der Waals surface area contributed by atoms with E-state index in [0.29, 0.717) is 17.6 Å². The molecule has 0 radical (unpaired) electrons. The second-order valence-electron chi connectivity index (χ2n) is 7.56. The number of rotatable bonds is 7. The number of alkyl halides is 17. The Kier molecular flexibility index (Phi) is 6.44. The first-order valence-electron chi connectivity index (χ1n) is 8.93. The molecule has 0 unspecified atom stereocenters. The quantitative estimate of drug-likeness (QED) is 0.302. The summed E-state index contributed by atoms with van der Waals surface area (Å²) in [6.07, 6.45) is -7.78. The lowest BCUT2D eigenvalue weighted by Gasteiger charge is -2.42. The molecule has 36 heavy (non-hydrogen) atoms. The van der Waals surface area contributed by atoms with Crippen molar-refractivity contribution in [2.75, 3.05) is 0 Å². The van der Waals surface area contributed by atoms with E-state index in [0.717, 1.165) is 25.2 Å². The van der Waals surface area contributed by atoms with Gasteiger partial charge in [-0.05, 0) is 13.0 Å². The summed E-state index contributed by atoms with van der Waals surface area (Å²) >= 11 is 0. The molecule has 0 aliphatic heterocycles. The van der Waals surface area contributed by atoms with E-state index < -0.39 is 69.8 Å². The van der Waals surface area contributed by atoms with Crippen LogP contribution in [0.3, 0.4) is 0 Å². The largest absolute Gasteiger partial charge is 0.460 e. The van der Waals surface area contributed by atoms with Gasteiger partial charge in [-0.15, -0.1) is 0 Å². The smallest absolute Gasteiger partial charge is 0.347 e. The van der Waals surface area contributed by atoms with E-state index in [1.807, 2.05) is 0 Å². The third kappa shape index (κ3) is 3.37. The van der Waals surface area contributed by atoms with Gasteiger partial charge in [0.1, 0.15) is 0 Å². The normalized spacial score (nSPS) is 15.6. The topological polar surface area (TPSA) is 4.93 Å². The Balaban J connectivity index is 2.79. The molecule has 0 spiro atoms. The molecule has 0 amide bonds. The molecule has 1 heterocycles. The molecule has 0 N–H and O–H groups in total. The summed E-state index contributed by atoms with van der Waals surface area (Å²) in [6.45, 7) is 0.572. The van der Waals surface area contributed by atoms with E-state index in [1.54, 1.807) is 0 Å². The highest BCUT2D eigenvalue weighted by Gasteiger charge is 2.95. The molecule has 1 nitrogen and oxygen atoms in total. The number of nitrogens with zero attached hydrogens (tertiary/aromatic N) is 1. The van der Waals surface area contributed by atoms with E-state index in [-0.39, 0.29) is 0 Å². The van der Waals surface area contributed by atoms with Crippen LogP contribution in [0.25, 0.3) is 10.9 Å². The Labute approximate surface area is 188 Å². The van der Waals surface area contributed by atoms with E-state index in [1.165, 1.54) is 0 Å². The molecule has 0 aliphatic rings. The third-order valence-corrected chi connectivity index (χ3v) is 5.44. The second-order valence-corrected chi connectivity index (χ2v) is 7.56. The first kappa shape index (κ1) is 29.8. The van der Waals surface area contributed by atoms with Crippen molar-refractivity contribution in [1.29, 1.82) is 0 Å². The maximum atomic E-state index is 14.7. The molecule has 1 aromatic carbocycles. The highest BCUT2D eigenvalue weighted by Crippen LogP contribution is 2.65. The Bertz CT molecular complexity index is 1140. The van der Waals surface area contributed by atoms with E-state index in [2.05, 4.69) is 0 Å². The first-order valence-corrected chi connectivity index (χ1v) is 8.93.